The van der Waals surface area contributed by atoms with Crippen molar-refractivity contribution in [1.82, 2.24) is 0 Å². The molecule has 0 aliphatic rings. The Morgan fingerprint density at radius 2 is 1.79 bits per heavy atom. The SMILES string of the molecule is COc1ccc(C(=O)/C=C/c2ccccc2OC(F)(F)F)cc1F. The van der Waals surface area contributed by atoms with Crippen molar-refractivity contribution in [2.75, 3.05) is 7.11 Å². The summed E-state index contributed by atoms with van der Waals surface area (Å²) in [6.45, 7) is 0. The number of carbonyl (C=O) groups is 1. The van der Waals surface area contributed by atoms with Crippen LogP contribution in [0.2, 0.25) is 0 Å². The van der Waals surface area contributed by atoms with Gasteiger partial charge in [-0.05, 0) is 36.4 Å². The Hall–Kier alpha value is -2.83. The molecule has 0 spiro atoms. The molecule has 7 heteroatoms. The molecule has 0 N–H and O–H groups in total. The van der Waals surface area contributed by atoms with E-state index in [1.165, 1.54) is 43.5 Å². The van der Waals surface area contributed by atoms with Gasteiger partial charge in [-0.15, -0.1) is 13.2 Å². The first-order chi connectivity index (χ1) is 11.3. The highest BCUT2D eigenvalue weighted by atomic mass is 19.4. The summed E-state index contributed by atoms with van der Waals surface area (Å²) < 4.78 is 59.2. The zero-order valence-electron chi connectivity index (χ0n) is 12.4. The van der Waals surface area contributed by atoms with Gasteiger partial charge in [-0.2, -0.15) is 0 Å². The lowest BCUT2D eigenvalue weighted by Gasteiger charge is -2.10. The Morgan fingerprint density at radius 1 is 1.08 bits per heavy atom. The first-order valence-corrected chi connectivity index (χ1v) is 6.71. The maximum atomic E-state index is 13.6. The molecule has 24 heavy (non-hydrogen) atoms. The van der Waals surface area contributed by atoms with E-state index in [0.29, 0.717) is 0 Å². The molecule has 0 bridgehead atoms. The number of hydrogen-bond acceptors (Lipinski definition) is 3. The number of allylic oxidation sites excluding steroid dienone is 1. The fourth-order valence-corrected chi connectivity index (χ4v) is 1.92. The summed E-state index contributed by atoms with van der Waals surface area (Å²) in [5.41, 5.74) is 0.107. The lowest BCUT2D eigenvalue weighted by atomic mass is 10.1. The van der Waals surface area contributed by atoms with E-state index in [1.807, 2.05) is 0 Å². The van der Waals surface area contributed by atoms with Crippen molar-refractivity contribution >= 4 is 11.9 Å². The Kier molecular flexibility index (Phi) is 5.23. The molecule has 2 aromatic rings. The molecule has 0 radical (unpaired) electrons. The second-order valence-electron chi connectivity index (χ2n) is 4.63. The van der Waals surface area contributed by atoms with E-state index in [2.05, 4.69) is 4.74 Å². The number of ketones is 1. The fourth-order valence-electron chi connectivity index (χ4n) is 1.92. The Bertz CT molecular complexity index is 767. The van der Waals surface area contributed by atoms with Gasteiger partial charge in [0.25, 0.3) is 0 Å². The van der Waals surface area contributed by atoms with E-state index in [4.69, 9.17) is 4.74 Å². The topological polar surface area (TPSA) is 35.5 Å². The molecular weight excluding hydrogens is 328 g/mol. The third kappa shape index (κ3) is 4.58. The van der Waals surface area contributed by atoms with Gasteiger partial charge in [0, 0.05) is 11.1 Å². The van der Waals surface area contributed by atoms with Gasteiger partial charge in [-0.1, -0.05) is 18.2 Å². The Balaban J connectivity index is 2.22. The van der Waals surface area contributed by atoms with Crippen LogP contribution < -0.4 is 9.47 Å². The van der Waals surface area contributed by atoms with Crippen molar-refractivity contribution in [2.45, 2.75) is 6.36 Å². The van der Waals surface area contributed by atoms with Crippen molar-refractivity contribution in [3.8, 4) is 11.5 Å². The maximum absolute atomic E-state index is 13.6. The van der Waals surface area contributed by atoms with Crippen molar-refractivity contribution in [3.63, 3.8) is 0 Å². The third-order valence-electron chi connectivity index (χ3n) is 3.00. The van der Waals surface area contributed by atoms with Crippen LogP contribution in [-0.2, 0) is 0 Å². The number of methoxy groups -OCH3 is 1. The Morgan fingerprint density at radius 3 is 2.42 bits per heavy atom. The van der Waals surface area contributed by atoms with Crippen molar-refractivity contribution in [1.29, 1.82) is 0 Å². The second-order valence-corrected chi connectivity index (χ2v) is 4.63. The number of alkyl halides is 3. The average Bonchev–Trinajstić information content (AvgIpc) is 2.52. The van der Waals surface area contributed by atoms with E-state index in [1.54, 1.807) is 0 Å². The minimum Gasteiger partial charge on any atom is -0.494 e. The van der Waals surface area contributed by atoms with Gasteiger partial charge in [-0.25, -0.2) is 4.39 Å². The molecule has 126 valence electrons. The molecule has 0 aliphatic carbocycles. The number of rotatable bonds is 5. The van der Waals surface area contributed by atoms with Crippen LogP contribution in [0.1, 0.15) is 15.9 Å². The summed E-state index contributed by atoms with van der Waals surface area (Å²) in [4.78, 5) is 12.0. The van der Waals surface area contributed by atoms with Gasteiger partial charge in [0.15, 0.2) is 17.3 Å². The van der Waals surface area contributed by atoms with Gasteiger partial charge < -0.3 is 9.47 Å². The van der Waals surface area contributed by atoms with Crippen LogP contribution in [0.4, 0.5) is 17.6 Å². The van der Waals surface area contributed by atoms with Gasteiger partial charge in [0.2, 0.25) is 0 Å². The van der Waals surface area contributed by atoms with Crippen LogP contribution in [0, 0.1) is 5.82 Å². The third-order valence-corrected chi connectivity index (χ3v) is 3.00. The van der Waals surface area contributed by atoms with Gasteiger partial charge in [0.1, 0.15) is 5.75 Å². The number of para-hydroxylation sites is 1. The van der Waals surface area contributed by atoms with E-state index >= 15 is 0 Å². The van der Waals surface area contributed by atoms with E-state index in [0.717, 1.165) is 18.2 Å². The van der Waals surface area contributed by atoms with Crippen LogP contribution in [0.5, 0.6) is 11.5 Å². The van der Waals surface area contributed by atoms with Crippen LogP contribution in [0.3, 0.4) is 0 Å². The highest BCUT2D eigenvalue weighted by Crippen LogP contribution is 2.27. The molecule has 0 saturated heterocycles. The molecule has 0 fully saturated rings. The van der Waals surface area contributed by atoms with Crippen LogP contribution in [0.15, 0.2) is 48.5 Å². The average molecular weight is 340 g/mol. The summed E-state index contributed by atoms with van der Waals surface area (Å²) in [5, 5.41) is 0. The number of hydrogen-bond donors (Lipinski definition) is 0. The lowest BCUT2D eigenvalue weighted by molar-refractivity contribution is -0.274. The molecule has 0 atom stereocenters. The van der Waals surface area contributed by atoms with E-state index < -0.39 is 23.7 Å². The number of benzene rings is 2. The number of carbonyl (C=O) groups excluding carboxylic acids is 1. The molecule has 2 aromatic carbocycles. The molecular formula is C17H12F4O3. The quantitative estimate of drug-likeness (QED) is 0.452. The predicted octanol–water partition coefficient (Wildman–Crippen LogP) is 4.63. The molecule has 0 saturated carbocycles. The highest BCUT2D eigenvalue weighted by Gasteiger charge is 2.31. The highest BCUT2D eigenvalue weighted by molar-refractivity contribution is 6.07. The second kappa shape index (κ2) is 7.16. The van der Waals surface area contributed by atoms with Crippen molar-refractivity contribution < 1.29 is 31.8 Å². The summed E-state index contributed by atoms with van der Waals surface area (Å²) >= 11 is 0. The maximum Gasteiger partial charge on any atom is 0.573 e. The lowest BCUT2D eigenvalue weighted by Crippen LogP contribution is -2.17. The zero-order chi connectivity index (χ0) is 17.7. The minimum absolute atomic E-state index is 0.0144. The molecule has 0 unspecified atom stereocenters. The number of halogens is 4. The molecule has 0 heterocycles. The monoisotopic (exact) mass is 340 g/mol. The Labute approximate surface area is 135 Å². The largest absolute Gasteiger partial charge is 0.573 e. The van der Waals surface area contributed by atoms with Gasteiger partial charge in [-0.3, -0.25) is 4.79 Å². The fraction of sp³-hybridized carbons (Fsp3) is 0.118. The molecule has 3 nitrogen and oxygen atoms in total. The smallest absolute Gasteiger partial charge is 0.494 e. The van der Waals surface area contributed by atoms with Gasteiger partial charge in [0.05, 0.1) is 7.11 Å². The first kappa shape index (κ1) is 17.5. The van der Waals surface area contributed by atoms with Crippen LogP contribution in [-0.4, -0.2) is 19.3 Å². The normalized spacial score (nSPS) is 11.5. The summed E-state index contributed by atoms with van der Waals surface area (Å²) in [6, 6.07) is 9.00. The van der Waals surface area contributed by atoms with E-state index in [-0.39, 0.29) is 16.9 Å². The molecule has 0 amide bonds. The summed E-state index contributed by atoms with van der Waals surface area (Å²) in [7, 11) is 1.29. The molecule has 0 aliphatic heterocycles. The summed E-state index contributed by atoms with van der Waals surface area (Å²) in [5.74, 6) is -1.73. The van der Waals surface area contributed by atoms with Crippen LogP contribution in [0.25, 0.3) is 6.08 Å². The van der Waals surface area contributed by atoms with E-state index in [9.17, 15) is 22.4 Å². The summed E-state index contributed by atoms with van der Waals surface area (Å²) in [6.07, 6.45) is -2.63. The van der Waals surface area contributed by atoms with Gasteiger partial charge >= 0.3 is 6.36 Å². The predicted molar refractivity (Wildman–Crippen MR) is 79.4 cm³/mol. The first-order valence-electron chi connectivity index (χ1n) is 6.71. The standard InChI is InChI=1S/C17H12F4O3/c1-23-16-9-7-12(10-13(16)18)14(22)8-6-11-4-2-3-5-15(11)24-17(19,20)21/h2-10H,1H3/b8-6+. The van der Waals surface area contributed by atoms with Crippen molar-refractivity contribution in [2.24, 2.45) is 0 Å². The molecule has 0 aromatic heterocycles. The zero-order valence-corrected chi connectivity index (χ0v) is 12.4. The van der Waals surface area contributed by atoms with Crippen LogP contribution >= 0.6 is 0 Å². The minimum atomic E-state index is -4.84. The number of ether oxygens (including phenoxy) is 2. The molecule has 2 rings (SSSR count). The van der Waals surface area contributed by atoms with Crippen molar-refractivity contribution in [3.05, 3.63) is 65.5 Å².